The zero-order chi connectivity index (χ0) is 15.2. The highest BCUT2D eigenvalue weighted by Crippen LogP contribution is 2.28. The molecule has 110 valence electrons. The third-order valence-electron chi connectivity index (χ3n) is 3.08. The number of hydrazone groups is 1. The highest BCUT2D eigenvalue weighted by Gasteiger charge is 2.08. The summed E-state index contributed by atoms with van der Waals surface area (Å²) in [4.78, 5) is 11.3. The summed E-state index contributed by atoms with van der Waals surface area (Å²) in [6, 6.07) is 11.7. The Morgan fingerprint density at radius 3 is 2.57 bits per heavy atom. The first-order valence-electron chi connectivity index (χ1n) is 6.70. The Morgan fingerprint density at radius 2 is 1.90 bits per heavy atom. The lowest BCUT2D eigenvalue weighted by molar-refractivity contribution is 0.152. The normalized spacial score (nSPS) is 11.3. The van der Waals surface area contributed by atoms with Gasteiger partial charge in [-0.15, -0.1) is 0 Å². The molecule has 0 atom stereocenters. The van der Waals surface area contributed by atoms with Crippen LogP contribution in [0, 0.1) is 0 Å². The monoisotopic (exact) mass is 286 g/mol. The summed E-state index contributed by atoms with van der Waals surface area (Å²) in [6.45, 7) is 3.89. The van der Waals surface area contributed by atoms with Gasteiger partial charge in [-0.05, 0) is 31.4 Å². The topological polar surface area (TPSA) is 59.9 Å². The second-order valence-corrected chi connectivity index (χ2v) is 4.39. The molecule has 0 spiro atoms. The van der Waals surface area contributed by atoms with Crippen molar-refractivity contribution < 1.29 is 14.3 Å². The summed E-state index contributed by atoms with van der Waals surface area (Å²) in [7, 11) is 1.64. The first-order chi connectivity index (χ1) is 10.2. The Hall–Kier alpha value is -2.56. The van der Waals surface area contributed by atoms with Crippen LogP contribution >= 0.6 is 0 Å². The van der Waals surface area contributed by atoms with Crippen LogP contribution < -0.4 is 10.2 Å². The minimum atomic E-state index is -0.560. The van der Waals surface area contributed by atoms with Gasteiger partial charge in [0.15, 0.2) is 0 Å². The molecule has 2 aromatic rings. The predicted octanol–water partition coefficient (Wildman–Crippen LogP) is 3.32. The van der Waals surface area contributed by atoms with E-state index in [-0.39, 0.29) is 0 Å². The van der Waals surface area contributed by atoms with Crippen molar-refractivity contribution in [1.82, 2.24) is 5.43 Å². The maximum absolute atomic E-state index is 11.3. The van der Waals surface area contributed by atoms with Crippen molar-refractivity contribution in [3.8, 4) is 5.75 Å². The minimum absolute atomic E-state index is 0.311. The maximum Gasteiger partial charge on any atom is 0.427 e. The van der Waals surface area contributed by atoms with E-state index in [2.05, 4.69) is 10.5 Å². The average molecular weight is 286 g/mol. The number of methoxy groups -OCH3 is 1. The van der Waals surface area contributed by atoms with Gasteiger partial charge in [0, 0.05) is 10.9 Å². The maximum atomic E-state index is 11.3. The number of carbonyl (C=O) groups is 1. The van der Waals surface area contributed by atoms with Gasteiger partial charge >= 0.3 is 6.09 Å². The van der Waals surface area contributed by atoms with E-state index in [1.807, 2.05) is 43.3 Å². The van der Waals surface area contributed by atoms with Gasteiger partial charge in [-0.25, -0.2) is 10.2 Å². The van der Waals surface area contributed by atoms with Gasteiger partial charge in [-0.2, -0.15) is 5.10 Å². The smallest absolute Gasteiger partial charge is 0.427 e. The molecule has 2 rings (SSSR count). The molecule has 0 aliphatic heterocycles. The van der Waals surface area contributed by atoms with E-state index in [0.29, 0.717) is 12.3 Å². The summed E-state index contributed by atoms with van der Waals surface area (Å²) in [5.74, 6) is 0.806. The molecule has 0 unspecified atom stereocenters. The number of carbonyl (C=O) groups excluding carboxylic acids is 1. The van der Waals surface area contributed by atoms with E-state index < -0.39 is 6.09 Å². The number of rotatable bonds is 4. The van der Waals surface area contributed by atoms with Gasteiger partial charge in [0.25, 0.3) is 0 Å². The van der Waals surface area contributed by atoms with Crippen molar-refractivity contribution in [1.29, 1.82) is 0 Å². The zero-order valence-corrected chi connectivity index (χ0v) is 12.3. The van der Waals surface area contributed by atoms with Crippen molar-refractivity contribution in [2.24, 2.45) is 5.10 Å². The fourth-order valence-electron chi connectivity index (χ4n) is 2.12. The molecule has 1 N–H and O–H groups in total. The van der Waals surface area contributed by atoms with Crippen molar-refractivity contribution >= 4 is 22.6 Å². The lowest BCUT2D eigenvalue weighted by Crippen LogP contribution is -2.20. The Bertz CT molecular complexity index is 680. The van der Waals surface area contributed by atoms with Crippen LogP contribution in [0.5, 0.6) is 5.75 Å². The number of nitrogens with zero attached hydrogens (tertiary/aromatic N) is 1. The molecule has 0 bridgehead atoms. The van der Waals surface area contributed by atoms with Gasteiger partial charge < -0.3 is 9.47 Å². The van der Waals surface area contributed by atoms with Gasteiger partial charge in [-0.1, -0.05) is 24.3 Å². The molecule has 0 aliphatic rings. The van der Waals surface area contributed by atoms with Crippen LogP contribution in [0.15, 0.2) is 41.5 Å². The molecule has 1 amide bonds. The van der Waals surface area contributed by atoms with Gasteiger partial charge in [0.2, 0.25) is 0 Å². The number of ether oxygens (including phenoxy) is 2. The number of benzene rings is 2. The first-order valence-corrected chi connectivity index (χ1v) is 6.70. The zero-order valence-electron chi connectivity index (χ0n) is 12.3. The van der Waals surface area contributed by atoms with E-state index in [1.165, 1.54) is 0 Å². The van der Waals surface area contributed by atoms with Crippen molar-refractivity contribution in [3.63, 3.8) is 0 Å². The van der Waals surface area contributed by atoms with Crippen LogP contribution in [0.25, 0.3) is 10.8 Å². The van der Waals surface area contributed by atoms with Crippen molar-refractivity contribution in [2.75, 3.05) is 13.7 Å². The SMILES string of the molecule is CCOC(=O)N/N=C(/C)c1ccc(OC)c2ccccc12. The number of nitrogens with one attached hydrogen (secondary N) is 1. The van der Waals surface area contributed by atoms with Crippen LogP contribution in [0.4, 0.5) is 4.79 Å². The van der Waals surface area contributed by atoms with Crippen LogP contribution in [-0.4, -0.2) is 25.5 Å². The standard InChI is InChI=1S/C16H18N2O3/c1-4-21-16(19)18-17-11(2)12-9-10-15(20-3)14-8-6-5-7-13(12)14/h5-10H,4H2,1-3H3,(H,18,19)/b17-11-. The fourth-order valence-corrected chi connectivity index (χ4v) is 2.12. The first kappa shape index (κ1) is 14.8. The summed E-state index contributed by atoms with van der Waals surface area (Å²) >= 11 is 0. The fraction of sp³-hybridized carbons (Fsp3) is 0.250. The second kappa shape index (κ2) is 6.74. The van der Waals surface area contributed by atoms with Crippen LogP contribution in [0.3, 0.4) is 0 Å². The van der Waals surface area contributed by atoms with Crippen molar-refractivity contribution in [2.45, 2.75) is 13.8 Å². The molecule has 2 aromatic carbocycles. The predicted molar refractivity (Wildman–Crippen MR) is 82.9 cm³/mol. The average Bonchev–Trinajstić information content (AvgIpc) is 2.51. The largest absolute Gasteiger partial charge is 0.496 e. The summed E-state index contributed by atoms with van der Waals surface area (Å²) in [6.07, 6.45) is -0.560. The molecule has 21 heavy (non-hydrogen) atoms. The lowest BCUT2D eigenvalue weighted by Gasteiger charge is -2.10. The Morgan fingerprint density at radius 1 is 1.19 bits per heavy atom. The van der Waals surface area contributed by atoms with Crippen LogP contribution in [0.2, 0.25) is 0 Å². The van der Waals surface area contributed by atoms with Gasteiger partial charge in [-0.3, -0.25) is 0 Å². The minimum Gasteiger partial charge on any atom is -0.496 e. The molecular weight excluding hydrogens is 268 g/mol. The second-order valence-electron chi connectivity index (χ2n) is 4.39. The van der Waals surface area contributed by atoms with E-state index >= 15 is 0 Å². The Balaban J connectivity index is 2.38. The molecule has 0 radical (unpaired) electrons. The third kappa shape index (κ3) is 3.31. The summed E-state index contributed by atoms with van der Waals surface area (Å²) < 4.78 is 10.1. The lowest BCUT2D eigenvalue weighted by atomic mass is 10.0. The molecule has 0 fully saturated rings. The van der Waals surface area contributed by atoms with Gasteiger partial charge in [0.05, 0.1) is 19.4 Å². The van der Waals surface area contributed by atoms with E-state index in [4.69, 9.17) is 9.47 Å². The third-order valence-corrected chi connectivity index (χ3v) is 3.08. The highest BCUT2D eigenvalue weighted by atomic mass is 16.5. The molecule has 0 aliphatic carbocycles. The molecule has 0 saturated carbocycles. The number of hydrogen-bond donors (Lipinski definition) is 1. The van der Waals surface area contributed by atoms with Gasteiger partial charge in [0.1, 0.15) is 5.75 Å². The molecule has 0 aromatic heterocycles. The van der Waals surface area contributed by atoms with E-state index in [1.54, 1.807) is 14.0 Å². The van der Waals surface area contributed by atoms with Crippen molar-refractivity contribution in [3.05, 3.63) is 42.0 Å². The molecular formula is C16H18N2O3. The van der Waals surface area contributed by atoms with Crippen LogP contribution in [0.1, 0.15) is 19.4 Å². The summed E-state index contributed by atoms with van der Waals surface area (Å²) in [5.41, 5.74) is 4.00. The molecule has 5 heteroatoms. The number of hydrogen-bond acceptors (Lipinski definition) is 4. The van der Waals surface area contributed by atoms with E-state index in [9.17, 15) is 4.79 Å². The van der Waals surface area contributed by atoms with E-state index in [0.717, 1.165) is 22.1 Å². The quantitative estimate of drug-likeness (QED) is 0.693. The number of amides is 1. The Labute approximate surface area is 123 Å². The van der Waals surface area contributed by atoms with Crippen LogP contribution in [-0.2, 0) is 4.74 Å². The molecule has 5 nitrogen and oxygen atoms in total. The Kier molecular flexibility index (Phi) is 4.77. The summed E-state index contributed by atoms with van der Waals surface area (Å²) in [5, 5.41) is 6.09. The highest BCUT2D eigenvalue weighted by molar-refractivity contribution is 6.11. The number of fused-ring (bicyclic) bond motifs is 1. The molecule has 0 heterocycles. The molecule has 0 saturated heterocycles.